The van der Waals surface area contributed by atoms with Crippen molar-refractivity contribution in [1.82, 2.24) is 0 Å². The molecule has 0 saturated heterocycles. The Kier molecular flexibility index (Phi) is 10.0. The van der Waals surface area contributed by atoms with E-state index in [0.29, 0.717) is 0 Å². The van der Waals surface area contributed by atoms with Crippen LogP contribution in [-0.2, 0) is 26.2 Å². The minimum absolute atomic E-state index is 0. The van der Waals surface area contributed by atoms with E-state index in [2.05, 4.69) is 93.2 Å². The van der Waals surface area contributed by atoms with E-state index < -0.39 is 16.1 Å². The molecule has 0 aromatic heterocycles. The smallest absolute Gasteiger partial charge is 0.0691 e. The van der Waals surface area contributed by atoms with Gasteiger partial charge in [0, 0.05) is 0 Å². The first kappa shape index (κ1) is 25.3. The second kappa shape index (κ2) is 9.49. The molecule has 0 aromatic rings. The molecule has 3 heteroatoms. The van der Waals surface area contributed by atoms with Gasteiger partial charge in [0.15, 0.2) is 0 Å². The van der Waals surface area contributed by atoms with E-state index in [9.17, 15) is 0 Å². The van der Waals surface area contributed by atoms with Gasteiger partial charge in [0.05, 0.1) is 16.1 Å². The molecule has 0 amide bonds. The molecule has 2 fully saturated rings. The fraction of sp³-hybridized carbons (Fsp3) is 0.524. The van der Waals surface area contributed by atoms with E-state index in [1.807, 2.05) is 0 Å². The van der Waals surface area contributed by atoms with Gasteiger partial charge in [0.2, 0.25) is 0 Å². The fourth-order valence-electron chi connectivity index (χ4n) is 2.78. The molecule has 0 heterocycles. The molecule has 10 radical (unpaired) electrons. The van der Waals surface area contributed by atoms with Crippen molar-refractivity contribution >= 4 is 16.1 Å². The molecule has 24 heavy (non-hydrogen) atoms. The summed E-state index contributed by atoms with van der Waals surface area (Å²) < 4.78 is 0. The molecule has 130 valence electrons. The Balaban J connectivity index is 0.000000436. The Morgan fingerprint density at radius 2 is 0.708 bits per heavy atom. The number of hydrogen-bond donors (Lipinski definition) is 0. The average molecular weight is 436 g/mol. The monoisotopic (exact) mass is 434 g/mol. The molecule has 2 saturated carbocycles. The summed E-state index contributed by atoms with van der Waals surface area (Å²) in [5.74, 6) is 7.34. The van der Waals surface area contributed by atoms with Gasteiger partial charge in [-0.3, -0.25) is 0 Å². The first-order chi connectivity index (χ1) is 10.3. The fourth-order valence-corrected chi connectivity index (χ4v) is 5.27. The first-order valence-electron chi connectivity index (χ1n) is 8.74. The Morgan fingerprint density at radius 1 is 0.500 bits per heavy atom. The zero-order valence-electron chi connectivity index (χ0n) is 17.7. The quantitative estimate of drug-likeness (QED) is 0.435. The molecule has 0 nitrogen and oxygen atoms in total. The van der Waals surface area contributed by atoms with Crippen LogP contribution in [0.1, 0.15) is 34.6 Å². The SMILES string of the molecule is C[C]1[C](C)[C](C)[C](C)[C]1C.C[Si](C)(C)[C]1[CH][CH][C]([Si](C)(C)C)[CH]1.[Zr+2]. The van der Waals surface area contributed by atoms with Crippen LogP contribution >= 0.6 is 0 Å². The molecule has 2 rings (SSSR count). The van der Waals surface area contributed by atoms with E-state index in [1.165, 1.54) is 29.6 Å². The van der Waals surface area contributed by atoms with E-state index in [0.717, 1.165) is 0 Å². The third-order valence-corrected chi connectivity index (χ3v) is 9.38. The molecule has 0 bridgehead atoms. The second-order valence-electron chi connectivity index (χ2n) is 9.01. The Hall–Kier alpha value is 1.32. The molecule has 0 aliphatic heterocycles. The maximum atomic E-state index is 2.46. The van der Waals surface area contributed by atoms with Crippen molar-refractivity contribution in [2.45, 2.75) is 73.9 Å². The molecule has 0 unspecified atom stereocenters. The van der Waals surface area contributed by atoms with Crippen molar-refractivity contribution in [2.24, 2.45) is 0 Å². The van der Waals surface area contributed by atoms with E-state index in [4.69, 9.17) is 0 Å². The molecule has 0 N–H and O–H groups in total. The van der Waals surface area contributed by atoms with Gasteiger partial charge in [0.1, 0.15) is 0 Å². The summed E-state index contributed by atoms with van der Waals surface area (Å²) in [7, 11) is -2.14. The zero-order chi connectivity index (χ0) is 18.2. The summed E-state index contributed by atoms with van der Waals surface area (Å²) in [4.78, 5) is 0. The summed E-state index contributed by atoms with van der Waals surface area (Å²) in [5.41, 5.74) is 3.23. The molecule has 0 atom stereocenters. The van der Waals surface area contributed by atoms with Crippen LogP contribution < -0.4 is 0 Å². The maximum absolute atomic E-state index is 2.46. The van der Waals surface area contributed by atoms with Crippen LogP contribution in [-0.4, -0.2) is 16.1 Å². The molecule has 2 aliphatic carbocycles. The summed E-state index contributed by atoms with van der Waals surface area (Å²) in [6.45, 7) is 25.5. The summed E-state index contributed by atoms with van der Waals surface area (Å²) in [5, 5.41) is 0. The summed E-state index contributed by atoms with van der Waals surface area (Å²) in [6.07, 6.45) is 7.15. The van der Waals surface area contributed by atoms with E-state index >= 15 is 0 Å². The largest absolute Gasteiger partial charge is 2.00 e. The van der Waals surface area contributed by atoms with E-state index in [-0.39, 0.29) is 26.2 Å². The predicted molar refractivity (Wildman–Crippen MR) is 111 cm³/mol. The Morgan fingerprint density at radius 3 is 0.833 bits per heavy atom. The van der Waals surface area contributed by atoms with Gasteiger partial charge in [0.25, 0.3) is 0 Å². The Labute approximate surface area is 175 Å². The minimum Gasteiger partial charge on any atom is -0.0691 e. The van der Waals surface area contributed by atoms with Crippen LogP contribution in [0.4, 0.5) is 0 Å². The number of rotatable bonds is 2. The normalized spacial score (nSPS) is 24.1. The van der Waals surface area contributed by atoms with Crippen LogP contribution in [0.2, 0.25) is 39.3 Å². The molecular weight excluding hydrogens is 400 g/mol. The third kappa shape index (κ3) is 6.49. The van der Waals surface area contributed by atoms with Crippen LogP contribution in [0.15, 0.2) is 0 Å². The minimum atomic E-state index is -1.07. The molecule has 0 aromatic carbocycles. The molecule has 0 spiro atoms. The van der Waals surface area contributed by atoms with Crippen molar-refractivity contribution in [3.8, 4) is 0 Å². The third-order valence-electron chi connectivity index (χ3n) is 5.30. The van der Waals surface area contributed by atoms with Gasteiger partial charge >= 0.3 is 26.2 Å². The van der Waals surface area contributed by atoms with Gasteiger partial charge < -0.3 is 0 Å². The van der Waals surface area contributed by atoms with Crippen molar-refractivity contribution in [1.29, 1.82) is 0 Å². The first-order valence-corrected chi connectivity index (χ1v) is 15.7. The molecular formula is C21H36Si2Zr+2. The standard InChI is InChI=1S/C11H21Si2.C10H15.Zr/c1-12(2,3)10-7-8-11(9-10)13(4,5)6;1-6-7(2)9(4)10(5)8(6)3;/h7-9H,1-6H3;1-5H3;/q;;+2. The van der Waals surface area contributed by atoms with E-state index in [1.54, 1.807) is 11.1 Å². The Bertz CT molecular complexity index is 304. The topological polar surface area (TPSA) is 0 Å². The van der Waals surface area contributed by atoms with Crippen molar-refractivity contribution in [3.05, 3.63) is 59.9 Å². The van der Waals surface area contributed by atoms with Gasteiger partial charge in [-0.25, -0.2) is 0 Å². The van der Waals surface area contributed by atoms with Crippen LogP contribution in [0.5, 0.6) is 0 Å². The number of hydrogen-bond acceptors (Lipinski definition) is 0. The van der Waals surface area contributed by atoms with Gasteiger partial charge in [-0.05, 0) is 59.9 Å². The van der Waals surface area contributed by atoms with Gasteiger partial charge in [-0.2, -0.15) is 0 Å². The second-order valence-corrected chi connectivity index (χ2v) is 19.2. The van der Waals surface area contributed by atoms with Crippen molar-refractivity contribution in [3.63, 3.8) is 0 Å². The predicted octanol–water partition coefficient (Wildman–Crippen LogP) is 6.49. The summed E-state index contributed by atoms with van der Waals surface area (Å²) >= 11 is 0. The maximum Gasteiger partial charge on any atom is 2.00 e. The zero-order valence-corrected chi connectivity index (χ0v) is 22.2. The van der Waals surface area contributed by atoms with Gasteiger partial charge in [-0.15, -0.1) is 0 Å². The van der Waals surface area contributed by atoms with Crippen molar-refractivity contribution < 1.29 is 26.2 Å². The van der Waals surface area contributed by atoms with Crippen molar-refractivity contribution in [2.75, 3.05) is 0 Å². The van der Waals surface area contributed by atoms with Gasteiger partial charge in [-0.1, -0.05) is 73.9 Å². The summed E-state index contributed by atoms with van der Waals surface area (Å²) in [6, 6.07) is 0. The van der Waals surface area contributed by atoms with Crippen LogP contribution in [0, 0.1) is 59.9 Å². The van der Waals surface area contributed by atoms with Crippen LogP contribution in [0.25, 0.3) is 0 Å². The molecule has 2 aliphatic rings. The van der Waals surface area contributed by atoms with Crippen LogP contribution in [0.3, 0.4) is 0 Å². The average Bonchev–Trinajstić information content (AvgIpc) is 2.98.